The molecule has 11 heavy (non-hydrogen) atoms. The Balaban J connectivity index is 1.87. The topological polar surface area (TPSA) is 17.1 Å². The number of rotatable bonds is 0. The monoisotopic (exact) mass is 150 g/mol. The number of Topliss-reactive ketones (excluding diaryl/α,β-unsaturated/α-hetero) is 1. The zero-order chi connectivity index (χ0) is 7.47. The molecule has 3 rings (SSSR count). The minimum absolute atomic E-state index is 0.512. The van der Waals surface area contributed by atoms with E-state index in [4.69, 9.17) is 0 Å². The van der Waals surface area contributed by atoms with Crippen LogP contribution >= 0.6 is 0 Å². The van der Waals surface area contributed by atoms with E-state index in [2.05, 4.69) is 0 Å². The van der Waals surface area contributed by atoms with Crippen molar-refractivity contribution in [3.8, 4) is 0 Å². The van der Waals surface area contributed by atoms with Gasteiger partial charge in [-0.1, -0.05) is 0 Å². The molecule has 2 unspecified atom stereocenters. The average Bonchev–Trinajstić information content (AvgIpc) is 2.48. The molecule has 0 amide bonds. The number of carbonyl (C=O) groups is 1. The van der Waals surface area contributed by atoms with Gasteiger partial charge in [-0.15, -0.1) is 0 Å². The Morgan fingerprint density at radius 3 is 2.73 bits per heavy atom. The van der Waals surface area contributed by atoms with Crippen molar-refractivity contribution in [2.45, 2.75) is 38.5 Å². The third kappa shape index (κ3) is 0.743. The van der Waals surface area contributed by atoms with Crippen molar-refractivity contribution in [2.24, 2.45) is 17.3 Å². The van der Waals surface area contributed by atoms with Crippen molar-refractivity contribution in [3.05, 3.63) is 0 Å². The molecule has 0 aromatic rings. The van der Waals surface area contributed by atoms with Gasteiger partial charge < -0.3 is 0 Å². The Morgan fingerprint density at radius 2 is 2.09 bits per heavy atom. The van der Waals surface area contributed by atoms with E-state index >= 15 is 0 Å². The zero-order valence-corrected chi connectivity index (χ0v) is 6.81. The van der Waals surface area contributed by atoms with E-state index in [9.17, 15) is 4.79 Å². The van der Waals surface area contributed by atoms with Gasteiger partial charge in [0.25, 0.3) is 0 Å². The van der Waals surface area contributed by atoms with Crippen LogP contribution in [0.5, 0.6) is 0 Å². The lowest BCUT2D eigenvalue weighted by molar-refractivity contribution is -0.121. The Bertz CT molecular complexity index is 215. The highest BCUT2D eigenvalue weighted by Gasteiger charge is 2.55. The van der Waals surface area contributed by atoms with Gasteiger partial charge in [-0.25, -0.2) is 0 Å². The molecule has 3 aliphatic carbocycles. The molecule has 2 atom stereocenters. The van der Waals surface area contributed by atoms with Crippen LogP contribution in [-0.4, -0.2) is 5.78 Å². The van der Waals surface area contributed by atoms with Gasteiger partial charge >= 0.3 is 0 Å². The van der Waals surface area contributed by atoms with E-state index in [1.54, 1.807) is 0 Å². The zero-order valence-electron chi connectivity index (χ0n) is 6.81. The van der Waals surface area contributed by atoms with E-state index < -0.39 is 0 Å². The van der Waals surface area contributed by atoms with Gasteiger partial charge in [0.2, 0.25) is 0 Å². The Kier molecular flexibility index (Phi) is 0.961. The fourth-order valence-corrected chi connectivity index (χ4v) is 3.19. The van der Waals surface area contributed by atoms with Crippen molar-refractivity contribution >= 4 is 5.78 Å². The number of hydrogen-bond acceptors (Lipinski definition) is 1. The average molecular weight is 150 g/mol. The molecule has 1 heteroatoms. The summed E-state index contributed by atoms with van der Waals surface area (Å²) in [6.07, 6.45) is 7.61. The molecule has 3 aliphatic rings. The first-order chi connectivity index (χ1) is 5.29. The molecule has 60 valence electrons. The maximum atomic E-state index is 11.4. The minimum Gasteiger partial charge on any atom is -0.299 e. The first-order valence-electron chi connectivity index (χ1n) is 4.82. The van der Waals surface area contributed by atoms with E-state index in [0.29, 0.717) is 17.1 Å². The minimum atomic E-state index is 0.512. The van der Waals surface area contributed by atoms with Crippen LogP contribution < -0.4 is 0 Å². The van der Waals surface area contributed by atoms with Crippen molar-refractivity contribution in [2.75, 3.05) is 0 Å². The number of ketones is 1. The van der Waals surface area contributed by atoms with Crippen LogP contribution in [0.4, 0.5) is 0 Å². The number of carbonyl (C=O) groups excluding carboxylic acids is 1. The lowest BCUT2D eigenvalue weighted by Crippen LogP contribution is -2.07. The molecule has 0 saturated heterocycles. The number of fused-ring (bicyclic) bond motifs is 1. The standard InChI is InChI=1S/C10H14O/c11-9-2-1-7-5-10(3-4-10)6-8(7)9/h7-8H,1-6H2. The second kappa shape index (κ2) is 1.70. The van der Waals surface area contributed by atoms with Crippen molar-refractivity contribution in [3.63, 3.8) is 0 Å². The van der Waals surface area contributed by atoms with Crippen molar-refractivity contribution in [1.82, 2.24) is 0 Å². The lowest BCUT2D eigenvalue weighted by Gasteiger charge is -2.04. The molecule has 1 nitrogen and oxygen atoms in total. The van der Waals surface area contributed by atoms with Gasteiger partial charge in [-0.05, 0) is 43.4 Å². The Hall–Kier alpha value is -0.330. The van der Waals surface area contributed by atoms with E-state index in [-0.39, 0.29) is 0 Å². The molecule has 1 spiro atoms. The highest BCUT2D eigenvalue weighted by atomic mass is 16.1. The smallest absolute Gasteiger partial charge is 0.136 e. The summed E-state index contributed by atoms with van der Waals surface area (Å²) in [5.41, 5.74) is 0.700. The SMILES string of the molecule is O=C1CCC2CC3(CC3)CC12. The summed E-state index contributed by atoms with van der Waals surface area (Å²) < 4.78 is 0. The van der Waals surface area contributed by atoms with E-state index in [0.717, 1.165) is 12.3 Å². The predicted octanol–water partition coefficient (Wildman–Crippen LogP) is 2.16. The first kappa shape index (κ1) is 6.22. The van der Waals surface area contributed by atoms with Gasteiger partial charge in [0, 0.05) is 12.3 Å². The predicted molar refractivity (Wildman–Crippen MR) is 42.1 cm³/mol. The van der Waals surface area contributed by atoms with Crippen LogP contribution in [0.2, 0.25) is 0 Å². The van der Waals surface area contributed by atoms with Crippen molar-refractivity contribution < 1.29 is 4.79 Å². The maximum Gasteiger partial charge on any atom is 0.136 e. The molecular weight excluding hydrogens is 136 g/mol. The highest BCUT2D eigenvalue weighted by Crippen LogP contribution is 2.64. The fourth-order valence-electron chi connectivity index (χ4n) is 3.19. The normalized spacial score (nSPS) is 44.9. The number of hydrogen-bond donors (Lipinski definition) is 0. The lowest BCUT2D eigenvalue weighted by atomic mass is 10.0. The first-order valence-corrected chi connectivity index (χ1v) is 4.82. The Morgan fingerprint density at radius 1 is 1.27 bits per heavy atom. The molecule has 0 aromatic carbocycles. The quantitative estimate of drug-likeness (QED) is 0.517. The van der Waals surface area contributed by atoms with Crippen LogP contribution in [0.1, 0.15) is 38.5 Å². The second-order valence-electron chi connectivity index (χ2n) is 4.78. The summed E-state index contributed by atoms with van der Waals surface area (Å²) in [4.78, 5) is 11.4. The molecular formula is C10H14O. The molecule has 3 fully saturated rings. The van der Waals surface area contributed by atoms with Crippen LogP contribution in [0.25, 0.3) is 0 Å². The van der Waals surface area contributed by atoms with Crippen molar-refractivity contribution in [1.29, 1.82) is 0 Å². The fraction of sp³-hybridized carbons (Fsp3) is 0.900. The van der Waals surface area contributed by atoms with Gasteiger partial charge in [0.05, 0.1) is 0 Å². The molecule has 0 aromatic heterocycles. The largest absolute Gasteiger partial charge is 0.299 e. The third-order valence-electron chi connectivity index (χ3n) is 4.05. The molecule has 0 bridgehead atoms. The highest BCUT2D eigenvalue weighted by molar-refractivity contribution is 5.84. The Labute approximate surface area is 67.2 Å². The second-order valence-corrected chi connectivity index (χ2v) is 4.78. The maximum absolute atomic E-state index is 11.4. The van der Waals surface area contributed by atoms with Crippen LogP contribution in [-0.2, 0) is 4.79 Å². The van der Waals surface area contributed by atoms with Gasteiger partial charge in [-0.2, -0.15) is 0 Å². The summed E-state index contributed by atoms with van der Waals surface area (Å²) in [6, 6.07) is 0. The third-order valence-corrected chi connectivity index (χ3v) is 4.05. The molecule has 0 aliphatic heterocycles. The summed E-state index contributed by atoms with van der Waals surface area (Å²) in [6.45, 7) is 0. The van der Waals surface area contributed by atoms with Gasteiger partial charge in [-0.3, -0.25) is 4.79 Å². The van der Waals surface area contributed by atoms with Crippen LogP contribution in [0.15, 0.2) is 0 Å². The van der Waals surface area contributed by atoms with Gasteiger partial charge in [0.15, 0.2) is 0 Å². The van der Waals surface area contributed by atoms with E-state index in [1.807, 2.05) is 0 Å². The van der Waals surface area contributed by atoms with E-state index in [1.165, 1.54) is 32.1 Å². The summed E-state index contributed by atoms with van der Waals surface area (Å²) in [5.74, 6) is 1.90. The molecule has 0 heterocycles. The molecule has 0 radical (unpaired) electrons. The van der Waals surface area contributed by atoms with Crippen LogP contribution in [0, 0.1) is 17.3 Å². The summed E-state index contributed by atoms with van der Waals surface area (Å²) in [5, 5.41) is 0. The van der Waals surface area contributed by atoms with Crippen LogP contribution in [0.3, 0.4) is 0 Å². The summed E-state index contributed by atoms with van der Waals surface area (Å²) in [7, 11) is 0. The molecule has 0 N–H and O–H groups in total. The van der Waals surface area contributed by atoms with Gasteiger partial charge in [0.1, 0.15) is 5.78 Å². The molecule has 3 saturated carbocycles. The summed E-state index contributed by atoms with van der Waals surface area (Å²) >= 11 is 0.